The largest absolute Gasteiger partial charge is 0.489 e. The van der Waals surface area contributed by atoms with Crippen LogP contribution in [-0.4, -0.2) is 6.04 Å². The lowest BCUT2D eigenvalue weighted by atomic mass is 10.1. The van der Waals surface area contributed by atoms with Crippen LogP contribution in [0.25, 0.3) is 0 Å². The SMILES string of the molecule is CC(N)Cc1cc(OCc2ccc(F)c(Br)c2)ccc1Br. The molecule has 2 aromatic rings. The molecule has 0 radical (unpaired) electrons. The molecule has 1 atom stereocenters. The minimum absolute atomic E-state index is 0.0876. The number of hydrogen-bond acceptors (Lipinski definition) is 2. The molecule has 0 bridgehead atoms. The number of hydrogen-bond donors (Lipinski definition) is 1. The molecular formula is C16H16Br2FNO. The monoisotopic (exact) mass is 415 g/mol. The van der Waals surface area contributed by atoms with Crippen LogP contribution in [0.5, 0.6) is 5.75 Å². The first-order chi connectivity index (χ1) is 9.95. The van der Waals surface area contributed by atoms with E-state index in [1.807, 2.05) is 25.1 Å². The van der Waals surface area contributed by atoms with E-state index in [0.717, 1.165) is 27.8 Å². The van der Waals surface area contributed by atoms with E-state index in [-0.39, 0.29) is 11.9 Å². The fraction of sp³-hybridized carbons (Fsp3) is 0.250. The van der Waals surface area contributed by atoms with E-state index in [2.05, 4.69) is 31.9 Å². The number of benzene rings is 2. The zero-order valence-corrected chi connectivity index (χ0v) is 14.7. The summed E-state index contributed by atoms with van der Waals surface area (Å²) >= 11 is 6.68. The summed E-state index contributed by atoms with van der Waals surface area (Å²) in [7, 11) is 0. The molecule has 0 aromatic heterocycles. The van der Waals surface area contributed by atoms with Crippen molar-refractivity contribution in [1.29, 1.82) is 0 Å². The van der Waals surface area contributed by atoms with Crippen molar-refractivity contribution in [2.24, 2.45) is 5.73 Å². The van der Waals surface area contributed by atoms with Gasteiger partial charge in [0.2, 0.25) is 0 Å². The van der Waals surface area contributed by atoms with Gasteiger partial charge in [0, 0.05) is 10.5 Å². The van der Waals surface area contributed by atoms with Gasteiger partial charge in [-0.15, -0.1) is 0 Å². The Morgan fingerprint density at radius 3 is 2.57 bits per heavy atom. The summed E-state index contributed by atoms with van der Waals surface area (Å²) in [6.45, 7) is 2.36. The molecule has 0 saturated carbocycles. The highest BCUT2D eigenvalue weighted by Gasteiger charge is 2.06. The van der Waals surface area contributed by atoms with E-state index in [4.69, 9.17) is 10.5 Å². The van der Waals surface area contributed by atoms with Crippen LogP contribution in [0.4, 0.5) is 4.39 Å². The maximum atomic E-state index is 13.2. The van der Waals surface area contributed by atoms with Crippen molar-refractivity contribution in [2.75, 3.05) is 0 Å². The summed E-state index contributed by atoms with van der Waals surface area (Å²) in [5.41, 5.74) is 7.85. The molecule has 0 fully saturated rings. The van der Waals surface area contributed by atoms with E-state index < -0.39 is 0 Å². The summed E-state index contributed by atoms with van der Waals surface area (Å²) in [6.07, 6.45) is 0.778. The minimum atomic E-state index is -0.276. The Balaban J connectivity index is 2.07. The van der Waals surface area contributed by atoms with Gasteiger partial charge in [-0.2, -0.15) is 0 Å². The van der Waals surface area contributed by atoms with Gasteiger partial charge in [-0.05, 0) is 70.7 Å². The van der Waals surface area contributed by atoms with Gasteiger partial charge in [-0.3, -0.25) is 0 Å². The second-order valence-corrected chi connectivity index (χ2v) is 6.68. The van der Waals surface area contributed by atoms with Crippen LogP contribution in [0.3, 0.4) is 0 Å². The van der Waals surface area contributed by atoms with Crippen molar-refractivity contribution in [2.45, 2.75) is 26.0 Å². The van der Waals surface area contributed by atoms with Crippen molar-refractivity contribution in [3.8, 4) is 5.75 Å². The molecule has 2 N–H and O–H groups in total. The van der Waals surface area contributed by atoms with Crippen LogP contribution in [0.15, 0.2) is 45.3 Å². The Hall–Kier alpha value is -0.910. The van der Waals surface area contributed by atoms with Crippen molar-refractivity contribution in [1.82, 2.24) is 0 Å². The van der Waals surface area contributed by atoms with Crippen LogP contribution < -0.4 is 10.5 Å². The normalized spacial score (nSPS) is 12.2. The number of halogens is 3. The smallest absolute Gasteiger partial charge is 0.137 e. The topological polar surface area (TPSA) is 35.2 Å². The Labute approximate surface area is 140 Å². The molecule has 2 rings (SSSR count). The predicted molar refractivity (Wildman–Crippen MR) is 89.9 cm³/mol. The summed E-state index contributed by atoms with van der Waals surface area (Å²) < 4.78 is 20.4. The van der Waals surface area contributed by atoms with Gasteiger partial charge in [0.05, 0.1) is 4.47 Å². The van der Waals surface area contributed by atoms with Crippen LogP contribution >= 0.6 is 31.9 Å². The molecule has 1 unspecified atom stereocenters. The van der Waals surface area contributed by atoms with Gasteiger partial charge < -0.3 is 10.5 Å². The van der Waals surface area contributed by atoms with Gasteiger partial charge in [-0.25, -0.2) is 4.39 Å². The first kappa shape index (κ1) is 16.5. The highest BCUT2D eigenvalue weighted by molar-refractivity contribution is 9.10. The van der Waals surface area contributed by atoms with Crippen molar-refractivity contribution >= 4 is 31.9 Å². The van der Waals surface area contributed by atoms with Crippen molar-refractivity contribution in [3.05, 3.63) is 62.3 Å². The average molecular weight is 417 g/mol. The van der Waals surface area contributed by atoms with E-state index >= 15 is 0 Å². The zero-order chi connectivity index (χ0) is 15.4. The summed E-state index contributed by atoms with van der Waals surface area (Å²) in [4.78, 5) is 0. The highest BCUT2D eigenvalue weighted by Crippen LogP contribution is 2.25. The first-order valence-electron chi connectivity index (χ1n) is 6.56. The van der Waals surface area contributed by atoms with Gasteiger partial charge in [-0.1, -0.05) is 22.0 Å². The summed E-state index contributed by atoms with van der Waals surface area (Å²) in [6, 6.07) is 10.8. The Morgan fingerprint density at radius 1 is 1.14 bits per heavy atom. The molecule has 112 valence electrons. The van der Waals surface area contributed by atoms with E-state index in [0.29, 0.717) is 11.1 Å². The van der Waals surface area contributed by atoms with Gasteiger partial charge in [0.25, 0.3) is 0 Å². The molecule has 5 heteroatoms. The van der Waals surface area contributed by atoms with Crippen LogP contribution in [0.2, 0.25) is 0 Å². The third-order valence-corrected chi connectivity index (χ3v) is 4.33. The van der Waals surface area contributed by atoms with Crippen molar-refractivity contribution in [3.63, 3.8) is 0 Å². The lowest BCUT2D eigenvalue weighted by molar-refractivity contribution is 0.305. The standard InChI is InChI=1S/C16H16Br2FNO/c1-10(20)6-12-8-13(3-4-14(12)17)21-9-11-2-5-16(19)15(18)7-11/h2-5,7-8,10H,6,9,20H2,1H3. The second-order valence-electron chi connectivity index (χ2n) is 4.97. The maximum absolute atomic E-state index is 13.2. The number of rotatable bonds is 5. The van der Waals surface area contributed by atoms with Gasteiger partial charge in [0.1, 0.15) is 18.2 Å². The van der Waals surface area contributed by atoms with Crippen LogP contribution in [0.1, 0.15) is 18.1 Å². The zero-order valence-electron chi connectivity index (χ0n) is 11.6. The quantitative estimate of drug-likeness (QED) is 0.758. The number of nitrogens with two attached hydrogens (primary N) is 1. The fourth-order valence-corrected chi connectivity index (χ4v) is 2.77. The van der Waals surface area contributed by atoms with Gasteiger partial charge in [0.15, 0.2) is 0 Å². The maximum Gasteiger partial charge on any atom is 0.137 e. The third kappa shape index (κ3) is 4.80. The Bertz CT molecular complexity index is 632. The molecular weight excluding hydrogens is 401 g/mol. The molecule has 0 saturated heterocycles. The van der Waals surface area contributed by atoms with E-state index in [1.54, 1.807) is 12.1 Å². The molecule has 0 aliphatic heterocycles. The molecule has 0 aliphatic rings. The first-order valence-corrected chi connectivity index (χ1v) is 8.15. The molecule has 0 amide bonds. The van der Waals surface area contributed by atoms with Gasteiger partial charge >= 0.3 is 0 Å². The Morgan fingerprint density at radius 2 is 1.90 bits per heavy atom. The second kappa shape index (κ2) is 7.38. The van der Waals surface area contributed by atoms with E-state index in [1.165, 1.54) is 6.07 Å². The fourth-order valence-electron chi connectivity index (χ4n) is 1.94. The van der Waals surface area contributed by atoms with Crippen molar-refractivity contribution < 1.29 is 9.13 Å². The van der Waals surface area contributed by atoms with Crippen LogP contribution in [0, 0.1) is 5.82 Å². The summed E-state index contributed by atoms with van der Waals surface area (Å²) in [5, 5.41) is 0. The lowest BCUT2D eigenvalue weighted by Crippen LogP contribution is -2.18. The summed E-state index contributed by atoms with van der Waals surface area (Å²) in [5.74, 6) is 0.496. The van der Waals surface area contributed by atoms with E-state index in [9.17, 15) is 4.39 Å². The molecule has 2 aromatic carbocycles. The molecule has 0 aliphatic carbocycles. The lowest BCUT2D eigenvalue weighted by Gasteiger charge is -2.12. The molecule has 0 heterocycles. The average Bonchev–Trinajstić information content (AvgIpc) is 2.43. The molecule has 21 heavy (non-hydrogen) atoms. The Kier molecular flexibility index (Phi) is 5.79. The predicted octanol–water partition coefficient (Wildman–Crippen LogP) is 4.82. The molecule has 2 nitrogen and oxygen atoms in total. The van der Waals surface area contributed by atoms with Crippen LogP contribution in [-0.2, 0) is 13.0 Å². The number of ether oxygens (including phenoxy) is 1. The minimum Gasteiger partial charge on any atom is -0.489 e. The highest BCUT2D eigenvalue weighted by atomic mass is 79.9. The third-order valence-electron chi connectivity index (χ3n) is 2.95. The molecule has 0 spiro atoms.